The fraction of sp³-hybridized carbons (Fsp3) is 0.522. The molecule has 30 heavy (non-hydrogen) atoms. The number of hydrogen-bond donors (Lipinski definition) is 2. The standard InChI is InChI=1S/C23H32N2O5/c26-15-14-25(18-19-9-5-4-6-10-19)21(27)17-20-11-7-2-1-3-8-12-22(28)30-16-13-24-23(20)29/h2,4-7,9-10,20,26H,1,3,8,11-18H2,(H,24,29)/b7-2-/t20-/m1/s1. The predicted molar refractivity (Wildman–Crippen MR) is 113 cm³/mol. The molecular weight excluding hydrogens is 384 g/mol. The van der Waals surface area contributed by atoms with Gasteiger partial charge < -0.3 is 20.1 Å². The maximum Gasteiger partial charge on any atom is 0.305 e. The molecule has 7 nitrogen and oxygen atoms in total. The van der Waals surface area contributed by atoms with Crippen LogP contribution >= 0.6 is 0 Å². The first-order valence-corrected chi connectivity index (χ1v) is 10.6. The summed E-state index contributed by atoms with van der Waals surface area (Å²) < 4.78 is 5.11. The van der Waals surface area contributed by atoms with Crippen LogP contribution < -0.4 is 5.32 Å². The first-order valence-electron chi connectivity index (χ1n) is 10.6. The number of rotatable bonds is 6. The van der Waals surface area contributed by atoms with Crippen molar-refractivity contribution in [3.63, 3.8) is 0 Å². The van der Waals surface area contributed by atoms with Crippen LogP contribution in [0, 0.1) is 5.92 Å². The number of cyclic esters (lactones) is 1. The van der Waals surface area contributed by atoms with Gasteiger partial charge in [-0.2, -0.15) is 0 Å². The molecule has 2 N–H and O–H groups in total. The zero-order valence-corrected chi connectivity index (χ0v) is 17.4. The van der Waals surface area contributed by atoms with Gasteiger partial charge in [0.2, 0.25) is 11.8 Å². The maximum absolute atomic E-state index is 12.9. The highest BCUT2D eigenvalue weighted by Crippen LogP contribution is 2.15. The van der Waals surface area contributed by atoms with Gasteiger partial charge in [-0.1, -0.05) is 42.5 Å². The van der Waals surface area contributed by atoms with Crippen LogP contribution in [0.4, 0.5) is 0 Å². The Morgan fingerprint density at radius 1 is 1.17 bits per heavy atom. The Labute approximate surface area is 178 Å². The van der Waals surface area contributed by atoms with Gasteiger partial charge in [-0.25, -0.2) is 0 Å². The largest absolute Gasteiger partial charge is 0.464 e. The van der Waals surface area contributed by atoms with Crippen LogP contribution in [-0.2, 0) is 25.7 Å². The van der Waals surface area contributed by atoms with E-state index < -0.39 is 5.92 Å². The van der Waals surface area contributed by atoms with Gasteiger partial charge in [-0.15, -0.1) is 0 Å². The van der Waals surface area contributed by atoms with Crippen LogP contribution in [-0.4, -0.2) is 54.1 Å². The number of nitrogens with one attached hydrogen (secondary N) is 1. The van der Waals surface area contributed by atoms with Gasteiger partial charge in [0, 0.05) is 25.9 Å². The Balaban J connectivity index is 2.01. The van der Waals surface area contributed by atoms with Crippen LogP contribution in [0.3, 0.4) is 0 Å². The summed E-state index contributed by atoms with van der Waals surface area (Å²) in [6.45, 7) is 0.823. The lowest BCUT2D eigenvalue weighted by Crippen LogP contribution is -2.39. The topological polar surface area (TPSA) is 95.9 Å². The molecule has 1 heterocycles. The molecule has 1 aromatic carbocycles. The average molecular weight is 417 g/mol. The van der Waals surface area contributed by atoms with Crippen molar-refractivity contribution in [2.75, 3.05) is 26.3 Å². The monoisotopic (exact) mass is 416 g/mol. The first kappa shape index (κ1) is 23.6. The zero-order chi connectivity index (χ0) is 21.6. The normalized spacial score (nSPS) is 19.8. The molecule has 0 unspecified atom stereocenters. The molecular formula is C23H32N2O5. The number of esters is 1. The summed E-state index contributed by atoms with van der Waals surface area (Å²) in [5.41, 5.74) is 0.969. The molecule has 0 radical (unpaired) electrons. The number of carbonyl (C=O) groups excluding carboxylic acids is 3. The quantitative estimate of drug-likeness (QED) is 0.547. The van der Waals surface area contributed by atoms with Crippen LogP contribution in [0.2, 0.25) is 0 Å². The van der Waals surface area contributed by atoms with Crippen LogP contribution in [0.5, 0.6) is 0 Å². The van der Waals surface area contributed by atoms with Gasteiger partial charge in [-0.3, -0.25) is 14.4 Å². The van der Waals surface area contributed by atoms with E-state index in [1.54, 1.807) is 4.90 Å². The van der Waals surface area contributed by atoms with Crippen LogP contribution in [0.25, 0.3) is 0 Å². The third-order valence-electron chi connectivity index (χ3n) is 4.98. The first-order chi connectivity index (χ1) is 14.6. The lowest BCUT2D eigenvalue weighted by Gasteiger charge is -2.24. The Morgan fingerprint density at radius 3 is 2.73 bits per heavy atom. The second-order valence-electron chi connectivity index (χ2n) is 7.39. The van der Waals surface area contributed by atoms with Crippen molar-refractivity contribution in [3.8, 4) is 0 Å². The number of ether oxygens (including phenoxy) is 1. The molecule has 0 fully saturated rings. The zero-order valence-electron chi connectivity index (χ0n) is 17.4. The Morgan fingerprint density at radius 2 is 1.97 bits per heavy atom. The molecule has 1 aromatic rings. The Kier molecular flexibility index (Phi) is 10.7. The van der Waals surface area contributed by atoms with E-state index in [0.29, 0.717) is 19.4 Å². The van der Waals surface area contributed by atoms with Gasteiger partial charge in [0.15, 0.2) is 0 Å². The summed E-state index contributed by atoms with van der Waals surface area (Å²) in [7, 11) is 0. The summed E-state index contributed by atoms with van der Waals surface area (Å²) in [6, 6.07) is 9.57. The molecule has 7 heteroatoms. The predicted octanol–water partition coefficient (Wildman–Crippen LogP) is 2.19. The van der Waals surface area contributed by atoms with Crippen LogP contribution in [0.15, 0.2) is 42.5 Å². The highest BCUT2D eigenvalue weighted by atomic mass is 16.5. The van der Waals surface area contributed by atoms with Crippen molar-refractivity contribution in [2.45, 2.75) is 45.1 Å². The summed E-state index contributed by atoms with van der Waals surface area (Å²) in [6.07, 6.45) is 7.32. The molecule has 2 rings (SSSR count). The SMILES string of the molecule is O=C1CCCC/C=C\C[C@H](CC(=O)N(CCO)Cc2ccccc2)C(=O)NCCO1. The number of hydrogen-bond acceptors (Lipinski definition) is 5. The molecule has 1 atom stereocenters. The summed E-state index contributed by atoms with van der Waals surface area (Å²) >= 11 is 0. The van der Waals surface area contributed by atoms with Gasteiger partial charge in [0.1, 0.15) is 6.61 Å². The van der Waals surface area contributed by atoms with Crippen molar-refractivity contribution in [1.82, 2.24) is 10.2 Å². The molecule has 0 aromatic heterocycles. The van der Waals surface area contributed by atoms with E-state index in [4.69, 9.17) is 4.74 Å². The fourth-order valence-corrected chi connectivity index (χ4v) is 3.30. The molecule has 1 aliphatic rings. The van der Waals surface area contributed by atoms with Crippen molar-refractivity contribution in [2.24, 2.45) is 5.92 Å². The van der Waals surface area contributed by atoms with E-state index in [9.17, 15) is 19.5 Å². The summed E-state index contributed by atoms with van der Waals surface area (Å²) in [5, 5.41) is 12.1. The smallest absolute Gasteiger partial charge is 0.305 e. The molecule has 0 saturated carbocycles. The second kappa shape index (κ2) is 13.5. The van der Waals surface area contributed by atoms with E-state index in [1.807, 2.05) is 42.5 Å². The number of aliphatic hydroxyl groups is 1. The number of allylic oxidation sites excluding steroid dienone is 2. The lowest BCUT2D eigenvalue weighted by atomic mass is 9.98. The third-order valence-corrected chi connectivity index (χ3v) is 4.98. The number of aliphatic hydroxyl groups excluding tert-OH is 1. The molecule has 0 aliphatic carbocycles. The van der Waals surface area contributed by atoms with E-state index in [0.717, 1.165) is 24.8 Å². The molecule has 164 valence electrons. The minimum Gasteiger partial charge on any atom is -0.464 e. The molecule has 1 aliphatic heterocycles. The number of amides is 2. The minimum absolute atomic E-state index is 0.0583. The van der Waals surface area contributed by atoms with E-state index >= 15 is 0 Å². The van der Waals surface area contributed by atoms with Crippen molar-refractivity contribution >= 4 is 17.8 Å². The van der Waals surface area contributed by atoms with Gasteiger partial charge in [0.05, 0.1) is 19.1 Å². The summed E-state index contributed by atoms with van der Waals surface area (Å²) in [4.78, 5) is 38.7. The van der Waals surface area contributed by atoms with Crippen molar-refractivity contribution < 1.29 is 24.2 Å². The maximum atomic E-state index is 12.9. The third kappa shape index (κ3) is 8.78. The van der Waals surface area contributed by atoms with Gasteiger partial charge in [-0.05, 0) is 31.2 Å². The molecule has 0 saturated heterocycles. The lowest BCUT2D eigenvalue weighted by molar-refractivity contribution is -0.144. The van der Waals surface area contributed by atoms with Crippen molar-refractivity contribution in [1.29, 1.82) is 0 Å². The fourth-order valence-electron chi connectivity index (χ4n) is 3.30. The molecule has 0 spiro atoms. The molecule has 2 amide bonds. The highest BCUT2D eigenvalue weighted by Gasteiger charge is 2.24. The number of benzene rings is 1. The molecule has 0 bridgehead atoms. The van der Waals surface area contributed by atoms with E-state index in [1.165, 1.54) is 0 Å². The minimum atomic E-state index is -0.510. The highest BCUT2D eigenvalue weighted by molar-refractivity contribution is 5.86. The van der Waals surface area contributed by atoms with Gasteiger partial charge in [0.25, 0.3) is 0 Å². The Hall–Kier alpha value is -2.67. The number of nitrogens with zero attached hydrogens (tertiary/aromatic N) is 1. The van der Waals surface area contributed by atoms with E-state index in [2.05, 4.69) is 5.32 Å². The Bertz CT molecular complexity index is 705. The van der Waals surface area contributed by atoms with Crippen molar-refractivity contribution in [3.05, 3.63) is 48.0 Å². The second-order valence-corrected chi connectivity index (χ2v) is 7.39. The average Bonchev–Trinajstić information content (AvgIpc) is 2.75. The summed E-state index contributed by atoms with van der Waals surface area (Å²) in [5.74, 6) is -1.17. The van der Waals surface area contributed by atoms with Gasteiger partial charge >= 0.3 is 5.97 Å². The van der Waals surface area contributed by atoms with E-state index in [-0.39, 0.29) is 50.5 Å². The van der Waals surface area contributed by atoms with Crippen LogP contribution in [0.1, 0.15) is 44.1 Å². The number of carbonyl (C=O) groups is 3.